The summed E-state index contributed by atoms with van der Waals surface area (Å²) in [6.45, 7) is 37.0. The van der Waals surface area contributed by atoms with E-state index in [-0.39, 0.29) is 35.7 Å². The average Bonchev–Trinajstić information content (AvgIpc) is 3.83. The molecule has 0 saturated heterocycles. The second-order valence-corrected chi connectivity index (χ2v) is 39.6. The minimum absolute atomic E-state index is 0. The van der Waals surface area contributed by atoms with E-state index in [9.17, 15) is 0 Å². The molecule has 4 aromatic carbocycles. The van der Waals surface area contributed by atoms with E-state index >= 15 is 0 Å². The summed E-state index contributed by atoms with van der Waals surface area (Å²) in [5, 5.41) is 0. The maximum Gasteiger partial charge on any atom is -0.0511 e. The van der Waals surface area contributed by atoms with E-state index in [1.807, 2.05) is 0 Å². The zero-order valence-electron chi connectivity index (χ0n) is 39.9. The molecule has 0 aromatic heterocycles. The number of hydrogen-bond acceptors (Lipinski definition) is 0. The molecule has 4 aromatic rings. The van der Waals surface area contributed by atoms with Gasteiger partial charge in [0.05, 0.1) is 0 Å². The van der Waals surface area contributed by atoms with E-state index in [1.54, 1.807) is 91.2 Å². The normalized spacial score (nSPS) is 18.0. The zero-order valence-corrected chi connectivity index (χ0v) is 48.3. The smallest absolute Gasteiger partial charge is 0.0511 e. The van der Waals surface area contributed by atoms with Gasteiger partial charge >= 0.3 is 83.7 Å². The van der Waals surface area contributed by atoms with Gasteiger partial charge in [-0.05, 0) is 0 Å². The van der Waals surface area contributed by atoms with Crippen molar-refractivity contribution in [2.45, 2.75) is 208 Å². The summed E-state index contributed by atoms with van der Waals surface area (Å²) in [5.74, 6) is 0. The van der Waals surface area contributed by atoms with Crippen LogP contribution in [-0.2, 0) is 94.0 Å². The largest absolute Gasteiger partial charge is 1.00 e. The van der Waals surface area contributed by atoms with Crippen molar-refractivity contribution in [3.63, 3.8) is 0 Å². The molecule has 320 valence electrons. The average molecular weight is 1010 g/mol. The number of hydrogen-bond donors (Lipinski definition) is 0. The van der Waals surface area contributed by atoms with E-state index in [0.29, 0.717) is 21.7 Å². The van der Waals surface area contributed by atoms with E-state index in [0.717, 1.165) is 0 Å². The van der Waals surface area contributed by atoms with Crippen molar-refractivity contribution in [3.8, 4) is 0 Å². The van der Waals surface area contributed by atoms with Gasteiger partial charge in [-0.1, -0.05) is 182 Å². The van der Waals surface area contributed by atoms with Gasteiger partial charge in [0, 0.05) is 0 Å². The van der Waals surface area contributed by atoms with Crippen LogP contribution in [0.25, 0.3) is 0 Å². The Hall–Kier alpha value is 0.180. The predicted molar refractivity (Wildman–Crippen MR) is 246 cm³/mol. The first kappa shape index (κ1) is 56.2. The summed E-state index contributed by atoms with van der Waals surface area (Å²) in [6, 6.07) is 18.9. The van der Waals surface area contributed by atoms with Crippen molar-refractivity contribution < 1.29 is 71.5 Å². The van der Waals surface area contributed by atoms with Crippen LogP contribution in [0.1, 0.15) is 174 Å². The van der Waals surface area contributed by atoms with Crippen LogP contribution in [0.2, 0.25) is 26.2 Å². The molecule has 0 fully saturated rings. The first-order chi connectivity index (χ1) is 25.8. The maximum absolute atomic E-state index is 2.37. The summed E-state index contributed by atoms with van der Waals surface area (Å²) in [6.07, 6.45) is 16.1. The zero-order chi connectivity index (χ0) is 42.2. The van der Waals surface area contributed by atoms with E-state index < -0.39 is 0 Å². The second kappa shape index (κ2) is 24.3. The molecule has 0 nitrogen and oxygen atoms in total. The molecule has 0 saturated carbocycles. The van der Waals surface area contributed by atoms with Crippen LogP contribution in [0.15, 0.2) is 48.5 Å². The monoisotopic (exact) mass is 1010 g/mol. The van der Waals surface area contributed by atoms with Gasteiger partial charge in [0.25, 0.3) is 0 Å². The Morgan fingerprint density at radius 1 is 0.397 bits per heavy atom. The molecule has 0 aliphatic heterocycles. The Bertz CT molecular complexity index is 1620. The molecule has 0 atom stereocenters. The van der Waals surface area contributed by atoms with Crippen molar-refractivity contribution in [1.29, 1.82) is 0 Å². The fourth-order valence-corrected chi connectivity index (χ4v) is 9.63. The first-order valence-corrected chi connectivity index (χ1v) is 34.3. The second-order valence-electron chi connectivity index (χ2n) is 20.8. The molecule has 0 spiro atoms. The Morgan fingerprint density at radius 3 is 0.690 bits per heavy atom. The van der Waals surface area contributed by atoms with Gasteiger partial charge in [0.1, 0.15) is 0 Å². The van der Waals surface area contributed by atoms with Crippen LogP contribution in [0, 0.1) is 27.7 Å². The summed E-state index contributed by atoms with van der Waals surface area (Å²) in [5.41, 5.74) is 20.7. The summed E-state index contributed by atoms with van der Waals surface area (Å²) in [7, 11) is 0. The third-order valence-electron chi connectivity index (χ3n) is 12.4. The predicted octanol–water partition coefficient (Wildman–Crippen LogP) is 8.89. The fraction of sp³-hybridized carbons (Fsp3) is 0.615. The molecule has 0 heterocycles. The van der Waals surface area contributed by atoms with Crippen LogP contribution < -0.4 is 24.8 Å². The third-order valence-corrected chi connectivity index (χ3v) is 12.4. The van der Waals surface area contributed by atoms with Crippen LogP contribution in [-0.4, -0.2) is 10.9 Å². The quantitative estimate of drug-likeness (QED) is 0.122. The summed E-state index contributed by atoms with van der Waals surface area (Å²) in [4.78, 5) is 0. The van der Waals surface area contributed by atoms with Gasteiger partial charge in [-0.2, -0.15) is 91.0 Å². The van der Waals surface area contributed by atoms with Gasteiger partial charge in [0.15, 0.2) is 0 Å². The van der Waals surface area contributed by atoms with Gasteiger partial charge < -0.3 is 24.8 Å². The molecule has 8 rings (SSSR count). The Labute approximate surface area is 401 Å². The van der Waals surface area contributed by atoms with Gasteiger partial charge in [-0.15, -0.1) is 0 Å². The molecular formula is C52H80Cl2Si2Zr2-2. The van der Waals surface area contributed by atoms with Crippen LogP contribution >= 0.6 is 0 Å². The van der Waals surface area contributed by atoms with Crippen molar-refractivity contribution in [1.82, 2.24) is 0 Å². The minimum Gasteiger partial charge on any atom is -1.00 e. The molecule has 4 aliphatic carbocycles. The summed E-state index contributed by atoms with van der Waals surface area (Å²) >= 11 is 3.48. The molecular weight excluding hydrogens is 934 g/mol. The molecule has 58 heavy (non-hydrogen) atoms. The Balaban J connectivity index is 0.000000360. The fourth-order valence-electron chi connectivity index (χ4n) is 9.63. The molecule has 0 amide bonds. The summed E-state index contributed by atoms with van der Waals surface area (Å²) < 4.78 is 0. The number of rotatable bonds is 0. The van der Waals surface area contributed by atoms with Crippen molar-refractivity contribution >= 4 is 10.9 Å². The van der Waals surface area contributed by atoms with Gasteiger partial charge in [-0.3, -0.25) is 0 Å². The van der Waals surface area contributed by atoms with Crippen molar-refractivity contribution in [2.75, 3.05) is 0 Å². The third kappa shape index (κ3) is 17.0. The van der Waals surface area contributed by atoms with Crippen molar-refractivity contribution in [2.24, 2.45) is 0 Å². The number of halogens is 2. The standard InChI is InChI=1S/4C12H17.2C2H6Si.2ClH.2Zr/c4*1-9-7-10-5-4-6-12(2,3)11(10)8-9;2*1-3-2;;;;/h4*7-8H,4-6H2,1-3H3;2*1-2H3;2*1H;;/q4*-1;;;;;2*+2/p-2. The molecule has 0 radical (unpaired) electrons. The molecule has 0 bridgehead atoms. The maximum atomic E-state index is 2.37. The Morgan fingerprint density at radius 2 is 0.552 bits per heavy atom. The molecule has 6 heteroatoms. The topological polar surface area (TPSA) is 0 Å². The van der Waals surface area contributed by atoms with Gasteiger partial charge in [-0.25, -0.2) is 24.3 Å². The number of fused-ring (bicyclic) bond motifs is 4. The van der Waals surface area contributed by atoms with E-state index in [4.69, 9.17) is 0 Å². The number of aryl methyl sites for hydroxylation is 8. The van der Waals surface area contributed by atoms with Crippen LogP contribution in [0.3, 0.4) is 0 Å². The molecule has 0 N–H and O–H groups in total. The first-order valence-electron chi connectivity index (χ1n) is 21.9. The van der Waals surface area contributed by atoms with Gasteiger partial charge in [0.2, 0.25) is 0 Å². The van der Waals surface area contributed by atoms with Crippen LogP contribution in [0.4, 0.5) is 0 Å². The molecule has 0 unspecified atom stereocenters. The minimum atomic E-state index is 0. The van der Waals surface area contributed by atoms with E-state index in [1.165, 1.54) is 99.3 Å². The molecule has 4 aliphatic rings. The van der Waals surface area contributed by atoms with Crippen LogP contribution in [0.5, 0.6) is 0 Å². The van der Waals surface area contributed by atoms with Crippen molar-refractivity contribution in [3.05, 3.63) is 115 Å². The van der Waals surface area contributed by atoms with E-state index in [2.05, 4.69) is 158 Å². The Kier molecular flexibility index (Phi) is 23.5. The SMILES string of the molecule is C[Si](C)=[Zr+2].C[Si](C)=[Zr+2].Cc1cc2c([cH-]1)CCCC2(C)C.Cc1cc2c([cH-]1)CCCC2(C)C.Cc1cc2c([cH-]1)CCCC2(C)C.Cc1cc2c([cH-]1)CCCC2(C)C.[Cl-].[Cl-].